The van der Waals surface area contributed by atoms with Gasteiger partial charge in [-0.2, -0.15) is 13.2 Å². The summed E-state index contributed by atoms with van der Waals surface area (Å²) in [6.45, 7) is 0. The number of esters is 1. The van der Waals surface area contributed by atoms with Crippen LogP contribution in [0.5, 0.6) is 0 Å². The Bertz CT molecular complexity index is 563. The van der Waals surface area contributed by atoms with Crippen LogP contribution in [0.3, 0.4) is 0 Å². The van der Waals surface area contributed by atoms with Gasteiger partial charge in [-0.25, -0.2) is 0 Å². The van der Waals surface area contributed by atoms with E-state index < -0.39 is 23.3 Å². The first-order chi connectivity index (χ1) is 8.34. The van der Waals surface area contributed by atoms with E-state index in [9.17, 15) is 22.8 Å². The lowest BCUT2D eigenvalue weighted by Crippen LogP contribution is -2.14. The monoisotopic (exact) mass is 259 g/mol. The van der Waals surface area contributed by atoms with Crippen molar-refractivity contribution in [2.24, 2.45) is 0 Å². The average molecular weight is 259 g/mol. The largest absolute Gasteiger partial charge is 0.468 e. The molecule has 1 aromatic heterocycles. The molecule has 0 radical (unpaired) electrons. The van der Waals surface area contributed by atoms with Gasteiger partial charge >= 0.3 is 12.1 Å². The minimum atomic E-state index is -4.57. The molecule has 18 heavy (non-hydrogen) atoms. The summed E-state index contributed by atoms with van der Waals surface area (Å²) in [5, 5.41) is 0. The Balaban J connectivity index is 3.02. The van der Waals surface area contributed by atoms with Crippen LogP contribution in [0.4, 0.5) is 13.2 Å². The third-order valence-corrected chi connectivity index (χ3v) is 1.91. The SMILES string of the molecule is COC(=O)CC#Cc1cc(C(F)(F)F)c[nH]c1=O. The van der Waals surface area contributed by atoms with Crippen molar-refractivity contribution in [1.29, 1.82) is 0 Å². The van der Waals surface area contributed by atoms with Crippen molar-refractivity contribution in [3.8, 4) is 11.8 Å². The van der Waals surface area contributed by atoms with Crippen LogP contribution in [-0.2, 0) is 15.7 Å². The van der Waals surface area contributed by atoms with Gasteiger partial charge in [-0.3, -0.25) is 9.59 Å². The molecule has 0 aliphatic rings. The van der Waals surface area contributed by atoms with Gasteiger partial charge < -0.3 is 9.72 Å². The standard InChI is InChI=1S/C11H8F3NO3/c1-18-9(16)4-2-3-7-5-8(11(12,13)14)6-15-10(7)17/h5-6H,4H2,1H3,(H,15,17). The van der Waals surface area contributed by atoms with Gasteiger partial charge in [-0.15, -0.1) is 0 Å². The van der Waals surface area contributed by atoms with Gasteiger partial charge in [0.2, 0.25) is 0 Å². The van der Waals surface area contributed by atoms with Gasteiger partial charge in [-0.1, -0.05) is 11.8 Å². The maximum atomic E-state index is 12.4. The number of alkyl halides is 3. The van der Waals surface area contributed by atoms with Gasteiger partial charge in [0.05, 0.1) is 18.2 Å². The highest BCUT2D eigenvalue weighted by molar-refractivity contribution is 5.72. The van der Waals surface area contributed by atoms with Gasteiger partial charge in [0.1, 0.15) is 6.42 Å². The van der Waals surface area contributed by atoms with E-state index >= 15 is 0 Å². The molecular weight excluding hydrogens is 251 g/mol. The number of ether oxygens (including phenoxy) is 1. The van der Waals surface area contributed by atoms with Crippen LogP contribution in [0, 0.1) is 11.8 Å². The molecular formula is C11H8F3NO3. The van der Waals surface area contributed by atoms with Crippen LogP contribution in [0.2, 0.25) is 0 Å². The molecule has 0 aliphatic heterocycles. The van der Waals surface area contributed by atoms with Crippen molar-refractivity contribution < 1.29 is 22.7 Å². The number of pyridine rings is 1. The summed E-state index contributed by atoms with van der Waals surface area (Å²) in [7, 11) is 1.15. The van der Waals surface area contributed by atoms with Crippen molar-refractivity contribution in [3.05, 3.63) is 33.7 Å². The van der Waals surface area contributed by atoms with Gasteiger partial charge in [0, 0.05) is 6.20 Å². The zero-order valence-electron chi connectivity index (χ0n) is 9.22. The van der Waals surface area contributed by atoms with E-state index in [1.165, 1.54) is 0 Å². The van der Waals surface area contributed by atoms with E-state index in [0.29, 0.717) is 12.3 Å². The quantitative estimate of drug-likeness (QED) is 0.611. The molecule has 0 bridgehead atoms. The summed E-state index contributed by atoms with van der Waals surface area (Å²) in [5.74, 6) is 3.82. The van der Waals surface area contributed by atoms with E-state index in [4.69, 9.17) is 0 Å². The molecule has 0 saturated carbocycles. The summed E-state index contributed by atoms with van der Waals surface area (Å²) >= 11 is 0. The number of aromatic amines is 1. The highest BCUT2D eigenvalue weighted by Crippen LogP contribution is 2.28. The summed E-state index contributed by atoms with van der Waals surface area (Å²) in [6, 6.07) is 0.628. The molecule has 0 spiro atoms. The molecule has 1 rings (SSSR count). The Kier molecular flexibility index (Phi) is 4.15. The molecule has 0 atom stereocenters. The minimum Gasteiger partial charge on any atom is -0.468 e. The number of hydrogen-bond acceptors (Lipinski definition) is 3. The smallest absolute Gasteiger partial charge is 0.417 e. The van der Waals surface area contributed by atoms with Gasteiger partial charge in [-0.05, 0) is 6.07 Å². The Morgan fingerprint density at radius 2 is 2.17 bits per heavy atom. The van der Waals surface area contributed by atoms with E-state index in [2.05, 4.69) is 16.6 Å². The molecule has 0 aliphatic carbocycles. The third-order valence-electron chi connectivity index (χ3n) is 1.91. The number of carbonyl (C=O) groups excluding carboxylic acids is 1. The Morgan fingerprint density at radius 3 is 2.72 bits per heavy atom. The molecule has 0 unspecified atom stereocenters. The minimum absolute atomic E-state index is 0.299. The topological polar surface area (TPSA) is 59.2 Å². The van der Waals surface area contributed by atoms with Crippen LogP contribution in [0.25, 0.3) is 0 Å². The number of rotatable bonds is 1. The van der Waals surface area contributed by atoms with Gasteiger partial charge in [0.15, 0.2) is 0 Å². The molecule has 4 nitrogen and oxygen atoms in total. The summed E-state index contributed by atoms with van der Waals surface area (Å²) in [6.07, 6.45) is -4.30. The van der Waals surface area contributed by atoms with Gasteiger partial charge in [0.25, 0.3) is 5.56 Å². The maximum Gasteiger partial charge on any atom is 0.417 e. The lowest BCUT2D eigenvalue weighted by molar-refractivity contribution is -0.139. The third kappa shape index (κ3) is 3.66. The van der Waals surface area contributed by atoms with Crippen LogP contribution in [0.15, 0.2) is 17.1 Å². The first-order valence-corrected chi connectivity index (χ1v) is 4.70. The zero-order chi connectivity index (χ0) is 13.8. The second-order valence-corrected chi connectivity index (χ2v) is 3.18. The van der Waals surface area contributed by atoms with E-state index in [0.717, 1.165) is 7.11 Å². The first kappa shape index (κ1) is 13.8. The number of methoxy groups -OCH3 is 1. The second-order valence-electron chi connectivity index (χ2n) is 3.18. The number of nitrogens with one attached hydrogen (secondary N) is 1. The van der Waals surface area contributed by atoms with Crippen molar-refractivity contribution in [2.75, 3.05) is 7.11 Å². The van der Waals surface area contributed by atoms with Crippen LogP contribution in [0.1, 0.15) is 17.5 Å². The normalized spacial score (nSPS) is 10.4. The number of aromatic nitrogens is 1. The first-order valence-electron chi connectivity index (χ1n) is 4.70. The number of H-pyrrole nitrogens is 1. The van der Waals surface area contributed by atoms with E-state index in [-0.39, 0.29) is 12.0 Å². The molecule has 0 amide bonds. The fourth-order valence-corrected chi connectivity index (χ4v) is 1.02. The van der Waals surface area contributed by atoms with Crippen LogP contribution < -0.4 is 5.56 Å². The summed E-state index contributed by atoms with van der Waals surface area (Å²) < 4.78 is 41.4. The Hall–Kier alpha value is -2.23. The maximum absolute atomic E-state index is 12.4. The summed E-state index contributed by atoms with van der Waals surface area (Å²) in [5.41, 5.74) is -2.11. The number of halogens is 3. The number of carbonyl (C=O) groups is 1. The van der Waals surface area contributed by atoms with Crippen LogP contribution >= 0.6 is 0 Å². The fraction of sp³-hybridized carbons (Fsp3) is 0.273. The van der Waals surface area contributed by atoms with Crippen molar-refractivity contribution in [3.63, 3.8) is 0 Å². The molecule has 0 saturated heterocycles. The fourth-order valence-electron chi connectivity index (χ4n) is 1.02. The predicted molar refractivity (Wildman–Crippen MR) is 55.6 cm³/mol. The zero-order valence-corrected chi connectivity index (χ0v) is 9.22. The molecule has 7 heteroatoms. The second kappa shape index (κ2) is 5.40. The molecule has 1 aromatic rings. The predicted octanol–water partition coefficient (Wildman–Crippen LogP) is 1.31. The van der Waals surface area contributed by atoms with Crippen LogP contribution in [-0.4, -0.2) is 18.1 Å². The molecule has 1 heterocycles. The molecule has 1 N–H and O–H groups in total. The van der Waals surface area contributed by atoms with Crippen molar-refractivity contribution in [1.82, 2.24) is 4.98 Å². The summed E-state index contributed by atoms with van der Waals surface area (Å²) in [4.78, 5) is 23.9. The van der Waals surface area contributed by atoms with Crippen molar-refractivity contribution in [2.45, 2.75) is 12.6 Å². The van der Waals surface area contributed by atoms with Crippen molar-refractivity contribution >= 4 is 5.97 Å². The molecule has 0 aromatic carbocycles. The highest BCUT2D eigenvalue weighted by Gasteiger charge is 2.31. The average Bonchev–Trinajstić information content (AvgIpc) is 2.29. The molecule has 96 valence electrons. The number of hydrogen-bond donors (Lipinski definition) is 1. The Labute approximate surface area is 99.8 Å². The molecule has 0 fully saturated rings. The van der Waals surface area contributed by atoms with E-state index in [1.54, 1.807) is 0 Å². The lowest BCUT2D eigenvalue weighted by Gasteiger charge is -2.05. The highest BCUT2D eigenvalue weighted by atomic mass is 19.4. The Morgan fingerprint density at radius 1 is 1.50 bits per heavy atom. The van der Waals surface area contributed by atoms with E-state index in [1.807, 2.05) is 4.98 Å². The lowest BCUT2D eigenvalue weighted by atomic mass is 10.2.